The summed E-state index contributed by atoms with van der Waals surface area (Å²) in [5, 5.41) is 1.86. The highest BCUT2D eigenvalue weighted by molar-refractivity contribution is 9.09. The average Bonchev–Trinajstić information content (AvgIpc) is 3.23. The highest BCUT2D eigenvalue weighted by Gasteiger charge is 2.55. The highest BCUT2D eigenvalue weighted by Crippen LogP contribution is 2.35. The number of esters is 2. The van der Waals surface area contributed by atoms with Gasteiger partial charge in [-0.3, -0.25) is 9.59 Å². The van der Waals surface area contributed by atoms with Gasteiger partial charge in [-0.15, -0.1) is 0 Å². The second-order valence-electron chi connectivity index (χ2n) is 13.2. The summed E-state index contributed by atoms with van der Waals surface area (Å²) in [5.41, 5.74) is 2.20. The molecule has 3 aliphatic rings. The van der Waals surface area contributed by atoms with Crippen LogP contribution in [0.4, 0.5) is 0 Å². The van der Waals surface area contributed by atoms with Crippen molar-refractivity contribution in [3.63, 3.8) is 0 Å². The maximum Gasteiger partial charge on any atom is 0.328 e. The van der Waals surface area contributed by atoms with Crippen LogP contribution in [0.2, 0.25) is 0 Å². The van der Waals surface area contributed by atoms with Crippen molar-refractivity contribution in [3.8, 4) is 0 Å². The number of benzene rings is 2. The quantitative estimate of drug-likeness (QED) is 0.121. The molecule has 5 rings (SSSR count). The number of hydrogen-bond donors (Lipinski definition) is 0. The molecule has 0 N–H and O–H groups in total. The van der Waals surface area contributed by atoms with E-state index in [1.807, 2.05) is 60.7 Å². The predicted octanol–water partition coefficient (Wildman–Crippen LogP) is 5.32. The molecular weight excluding hydrogens is 912 g/mol. The fraction of sp³-hybridized carbons (Fsp3) is 0.641. The van der Waals surface area contributed by atoms with Gasteiger partial charge in [0.05, 0.1) is 52.9 Å². The molecule has 0 atom stereocenters. The van der Waals surface area contributed by atoms with Crippen molar-refractivity contribution in [2.45, 2.75) is 76.1 Å². The summed E-state index contributed by atoms with van der Waals surface area (Å²) in [4.78, 5) is 23.5. The first-order chi connectivity index (χ1) is 26.9. The minimum absolute atomic E-state index is 0. The number of carbonyl (C=O) groups is 2. The van der Waals surface area contributed by atoms with Crippen LogP contribution in [0.25, 0.3) is 0 Å². The lowest BCUT2D eigenvalue weighted by atomic mass is 9.99. The third kappa shape index (κ3) is 16.5. The third-order valence-corrected chi connectivity index (χ3v) is 14.5. The maximum absolute atomic E-state index is 13.3. The minimum Gasteiger partial charge on any atom is -0.468 e. The van der Waals surface area contributed by atoms with Crippen molar-refractivity contribution in [2.75, 3.05) is 83.2 Å². The van der Waals surface area contributed by atoms with Crippen molar-refractivity contribution in [3.05, 3.63) is 71.8 Å². The van der Waals surface area contributed by atoms with E-state index in [0.717, 1.165) is 35.0 Å². The normalized spacial score (nSPS) is 18.1. The molecule has 14 nitrogen and oxygen atoms in total. The number of sulfonamides is 2. The number of ether oxygens (including phenoxy) is 6. The van der Waals surface area contributed by atoms with Crippen LogP contribution in [0.5, 0.6) is 0 Å². The minimum atomic E-state index is -3.83. The summed E-state index contributed by atoms with van der Waals surface area (Å²) in [6.45, 7) is 4.59. The Morgan fingerprint density at radius 2 is 1.16 bits per heavy atom. The molecule has 2 aromatic carbocycles. The molecule has 57 heavy (non-hydrogen) atoms. The number of rotatable bonds is 16. The number of carbonyl (C=O) groups excluding carboxylic acids is 2. The molecule has 0 saturated carbocycles. The summed E-state index contributed by atoms with van der Waals surface area (Å²) in [5.74, 6) is -2.02. The van der Waals surface area contributed by atoms with Crippen LogP contribution < -0.4 is 0 Å². The van der Waals surface area contributed by atoms with Gasteiger partial charge in [-0.25, -0.2) is 25.4 Å². The summed E-state index contributed by atoms with van der Waals surface area (Å²) in [6.07, 6.45) is 2.81. The van der Waals surface area contributed by atoms with Gasteiger partial charge in [0.1, 0.15) is 0 Å². The zero-order chi connectivity index (χ0) is 40.9. The van der Waals surface area contributed by atoms with Gasteiger partial charge in [-0.2, -0.15) is 0 Å². The lowest BCUT2D eigenvalue weighted by Crippen LogP contribution is -2.58. The van der Waals surface area contributed by atoms with Gasteiger partial charge in [-0.1, -0.05) is 100.0 Å². The fourth-order valence-corrected chi connectivity index (χ4v) is 10.3. The van der Waals surface area contributed by atoms with E-state index in [1.165, 1.54) is 22.8 Å². The van der Waals surface area contributed by atoms with Crippen LogP contribution in [-0.4, -0.2) is 138 Å². The molecule has 3 aliphatic heterocycles. The molecule has 3 saturated heterocycles. The van der Waals surface area contributed by atoms with Crippen molar-refractivity contribution in [1.29, 1.82) is 0 Å². The Hall–Kier alpha value is -2.00. The van der Waals surface area contributed by atoms with Crippen LogP contribution in [0, 0.1) is 0 Å². The van der Waals surface area contributed by atoms with E-state index < -0.39 is 42.5 Å². The van der Waals surface area contributed by atoms with E-state index in [-0.39, 0.29) is 45.7 Å². The van der Waals surface area contributed by atoms with Crippen molar-refractivity contribution in [1.82, 2.24) is 8.61 Å². The van der Waals surface area contributed by atoms with Crippen LogP contribution in [0.1, 0.15) is 57.1 Å². The number of hydrogen-bond acceptors (Lipinski definition) is 12. The molecule has 0 radical (unpaired) electrons. The molecule has 2 aromatic rings. The number of halogens is 2. The zero-order valence-corrected chi connectivity index (χ0v) is 37.0. The Kier molecular flexibility index (Phi) is 24.2. The smallest absolute Gasteiger partial charge is 0.328 e. The van der Waals surface area contributed by atoms with Gasteiger partial charge in [0.25, 0.3) is 0 Å². The van der Waals surface area contributed by atoms with E-state index in [9.17, 15) is 26.4 Å². The first-order valence-corrected chi connectivity index (χ1v) is 23.9. The molecule has 0 spiro atoms. The summed E-state index contributed by atoms with van der Waals surface area (Å²) in [7, 11) is -4.99. The van der Waals surface area contributed by atoms with E-state index in [2.05, 4.69) is 36.6 Å². The van der Waals surface area contributed by atoms with Gasteiger partial charge >= 0.3 is 11.9 Å². The van der Waals surface area contributed by atoms with E-state index in [0.29, 0.717) is 65.1 Å². The number of alkyl halides is 2. The van der Waals surface area contributed by atoms with E-state index >= 15 is 0 Å². The van der Waals surface area contributed by atoms with Crippen LogP contribution in [0.15, 0.2) is 60.7 Å². The first-order valence-electron chi connectivity index (χ1n) is 18.6. The highest BCUT2D eigenvalue weighted by atomic mass is 79.9. The standard InChI is InChI=1S/C19H27NO6S.C15H21NO5S.C4H8Br2O.CH4/c1-24-18(21)19(9-13-25-14-10-19)27(22,23)20-11-7-17(8-12-20)26-15-16-5-3-2-4-6-16;1-20-15(17)12-22(18,19)16-9-7-14(8-10-16)21-11-13-5-3-2-4-6-13;5-1-3-7-4-2-6;/h2-6,17H,7-15H2,1H3;2-6,14H,7-12H2,1H3;1-4H2;1H4. The largest absolute Gasteiger partial charge is 0.468 e. The zero-order valence-electron chi connectivity index (χ0n) is 32.2. The molecule has 0 aliphatic carbocycles. The molecule has 324 valence electrons. The van der Waals surface area contributed by atoms with Crippen LogP contribution >= 0.6 is 31.9 Å². The number of methoxy groups -OCH3 is 2. The molecule has 18 heteroatoms. The molecule has 0 unspecified atom stereocenters. The van der Waals surface area contributed by atoms with E-state index in [1.54, 1.807) is 0 Å². The molecule has 3 fully saturated rings. The molecule has 0 bridgehead atoms. The Balaban J connectivity index is 0.000000337. The Labute approximate surface area is 356 Å². The SMILES string of the molecule is BrCCOCCBr.C.COC(=O)C1(S(=O)(=O)N2CCC(OCc3ccccc3)CC2)CCOCC1.COC(=O)CS(=O)(=O)N1CCC(OCc2ccccc2)CC1. The van der Waals surface area contributed by atoms with Gasteiger partial charge in [0.2, 0.25) is 20.0 Å². The fourth-order valence-electron chi connectivity index (χ4n) is 6.30. The average molecular weight is 973 g/mol. The lowest BCUT2D eigenvalue weighted by molar-refractivity contribution is -0.146. The number of nitrogens with zero attached hydrogens (tertiary/aromatic N) is 2. The monoisotopic (exact) mass is 970 g/mol. The molecule has 0 aromatic heterocycles. The van der Waals surface area contributed by atoms with E-state index in [4.69, 9.17) is 23.7 Å². The van der Waals surface area contributed by atoms with Crippen LogP contribution in [0.3, 0.4) is 0 Å². The maximum atomic E-state index is 13.3. The van der Waals surface area contributed by atoms with Gasteiger partial charge in [0.15, 0.2) is 10.5 Å². The topological polar surface area (TPSA) is 164 Å². The third-order valence-electron chi connectivity index (χ3n) is 9.51. The first kappa shape index (κ1) is 51.1. The Morgan fingerprint density at radius 3 is 1.56 bits per heavy atom. The predicted molar refractivity (Wildman–Crippen MR) is 226 cm³/mol. The summed E-state index contributed by atoms with van der Waals surface area (Å²) in [6, 6.07) is 19.8. The second-order valence-corrected chi connectivity index (χ2v) is 19.0. The van der Waals surface area contributed by atoms with Gasteiger partial charge < -0.3 is 28.4 Å². The van der Waals surface area contributed by atoms with Crippen molar-refractivity contribution in [2.24, 2.45) is 0 Å². The molecule has 3 heterocycles. The summed E-state index contributed by atoms with van der Waals surface area (Å²) >= 11 is 6.48. The van der Waals surface area contributed by atoms with Crippen molar-refractivity contribution < 1.29 is 54.8 Å². The molecule has 0 amide bonds. The van der Waals surface area contributed by atoms with Gasteiger partial charge in [-0.05, 0) is 36.8 Å². The van der Waals surface area contributed by atoms with Crippen molar-refractivity contribution >= 4 is 63.8 Å². The Morgan fingerprint density at radius 1 is 0.719 bits per heavy atom. The second kappa shape index (κ2) is 27.0. The number of piperidine rings is 2. The Bertz CT molecular complexity index is 1630. The van der Waals surface area contributed by atoms with Crippen LogP contribution in [-0.2, 0) is 71.3 Å². The molecular formula is C39H60Br2N2O12S2. The van der Waals surface area contributed by atoms with Gasteiger partial charge in [0, 0.05) is 62.9 Å². The lowest BCUT2D eigenvalue weighted by Gasteiger charge is -2.40. The summed E-state index contributed by atoms with van der Waals surface area (Å²) < 4.78 is 83.2.